The summed E-state index contributed by atoms with van der Waals surface area (Å²) in [5.74, 6) is -0.413. The van der Waals surface area contributed by atoms with Gasteiger partial charge in [-0.05, 0) is 24.5 Å². The summed E-state index contributed by atoms with van der Waals surface area (Å²) < 4.78 is 13.1. The van der Waals surface area contributed by atoms with Gasteiger partial charge in [0.2, 0.25) is 5.91 Å². The fourth-order valence-electron chi connectivity index (χ4n) is 0.956. The Morgan fingerprint density at radius 1 is 1.64 bits per heavy atom. The number of rotatable bonds is 3. The van der Waals surface area contributed by atoms with E-state index in [0.29, 0.717) is 11.4 Å². The number of benzene rings is 1. The number of hydrogen-bond donors (Lipinski definition) is 2. The molecule has 0 bridgehead atoms. The number of anilines is 2. The molecular formula is C9H11FN2OS. The van der Waals surface area contributed by atoms with Crippen molar-refractivity contribution in [1.29, 1.82) is 0 Å². The number of hydrogen-bond acceptors (Lipinski definition) is 3. The van der Waals surface area contributed by atoms with E-state index in [1.165, 1.54) is 30.0 Å². The van der Waals surface area contributed by atoms with Gasteiger partial charge in [-0.1, -0.05) is 0 Å². The molecule has 0 fully saturated rings. The molecule has 14 heavy (non-hydrogen) atoms. The van der Waals surface area contributed by atoms with Gasteiger partial charge in [-0.3, -0.25) is 4.79 Å². The Bertz CT molecular complexity index is 344. The van der Waals surface area contributed by atoms with Gasteiger partial charge in [0, 0.05) is 5.69 Å². The summed E-state index contributed by atoms with van der Waals surface area (Å²) in [6.07, 6.45) is 1.80. The van der Waals surface area contributed by atoms with Gasteiger partial charge in [-0.15, -0.1) is 0 Å². The van der Waals surface area contributed by atoms with Gasteiger partial charge in [-0.2, -0.15) is 11.8 Å². The second kappa shape index (κ2) is 4.85. The molecular weight excluding hydrogens is 203 g/mol. The van der Waals surface area contributed by atoms with E-state index in [-0.39, 0.29) is 11.6 Å². The summed E-state index contributed by atoms with van der Waals surface area (Å²) in [5, 5.41) is 2.44. The smallest absolute Gasteiger partial charge is 0.234 e. The molecule has 0 spiro atoms. The van der Waals surface area contributed by atoms with E-state index in [2.05, 4.69) is 5.32 Å². The van der Waals surface area contributed by atoms with Crippen LogP contribution in [0.25, 0.3) is 0 Å². The number of nitrogen functional groups attached to an aromatic ring is 1. The maximum Gasteiger partial charge on any atom is 0.234 e. The summed E-state index contributed by atoms with van der Waals surface area (Å²) in [7, 11) is 0. The molecule has 76 valence electrons. The summed E-state index contributed by atoms with van der Waals surface area (Å²) in [4.78, 5) is 11.1. The molecule has 1 rings (SSSR count). The molecule has 1 aromatic carbocycles. The fourth-order valence-corrected chi connectivity index (χ4v) is 1.29. The molecule has 0 radical (unpaired) electrons. The molecule has 0 aliphatic heterocycles. The predicted octanol–water partition coefficient (Wildman–Crippen LogP) is 1.71. The fraction of sp³-hybridized carbons (Fsp3) is 0.222. The minimum atomic E-state index is -0.478. The Morgan fingerprint density at radius 3 is 3.00 bits per heavy atom. The Labute approximate surface area is 85.9 Å². The predicted molar refractivity (Wildman–Crippen MR) is 57.8 cm³/mol. The molecule has 1 amide bonds. The van der Waals surface area contributed by atoms with Gasteiger partial charge in [0.05, 0.1) is 11.4 Å². The summed E-state index contributed by atoms with van der Waals surface area (Å²) >= 11 is 1.37. The molecule has 0 aliphatic rings. The number of amides is 1. The molecule has 0 saturated carbocycles. The zero-order valence-corrected chi connectivity index (χ0v) is 8.53. The monoisotopic (exact) mass is 214 g/mol. The zero-order valence-electron chi connectivity index (χ0n) is 7.71. The first-order valence-electron chi connectivity index (χ1n) is 3.97. The van der Waals surface area contributed by atoms with Crippen molar-refractivity contribution in [1.82, 2.24) is 0 Å². The number of nitrogens with one attached hydrogen (secondary N) is 1. The molecule has 3 nitrogen and oxygen atoms in total. The number of halogens is 1. The van der Waals surface area contributed by atoms with Crippen LogP contribution in [0.1, 0.15) is 0 Å². The van der Waals surface area contributed by atoms with Crippen molar-refractivity contribution in [3.05, 3.63) is 24.0 Å². The van der Waals surface area contributed by atoms with Gasteiger partial charge in [0.25, 0.3) is 0 Å². The van der Waals surface area contributed by atoms with E-state index in [1.807, 2.05) is 0 Å². The van der Waals surface area contributed by atoms with E-state index in [0.717, 1.165) is 0 Å². The lowest BCUT2D eigenvalue weighted by Gasteiger charge is -2.05. The van der Waals surface area contributed by atoms with Crippen LogP contribution in [0, 0.1) is 5.82 Å². The Balaban J connectivity index is 2.75. The number of thioether (sulfide) groups is 1. The van der Waals surface area contributed by atoms with Crippen molar-refractivity contribution in [3.8, 4) is 0 Å². The molecule has 0 aromatic heterocycles. The number of carbonyl (C=O) groups is 1. The first kappa shape index (κ1) is 10.8. The molecule has 0 unspecified atom stereocenters. The molecule has 0 atom stereocenters. The topological polar surface area (TPSA) is 55.1 Å². The van der Waals surface area contributed by atoms with Gasteiger partial charge in [0.1, 0.15) is 5.82 Å². The van der Waals surface area contributed by atoms with E-state index in [1.54, 1.807) is 6.26 Å². The highest BCUT2D eigenvalue weighted by molar-refractivity contribution is 7.99. The van der Waals surface area contributed by atoms with E-state index in [4.69, 9.17) is 5.73 Å². The van der Waals surface area contributed by atoms with Crippen molar-refractivity contribution in [2.75, 3.05) is 23.1 Å². The standard InChI is InChI=1S/C9H11FN2OS/c1-14-5-9(13)12-8-4-6(11)2-3-7(8)10/h2-4H,5,11H2,1H3,(H,12,13). The molecule has 0 heterocycles. The minimum Gasteiger partial charge on any atom is -0.399 e. The quantitative estimate of drug-likeness (QED) is 0.753. The lowest BCUT2D eigenvalue weighted by atomic mass is 10.2. The SMILES string of the molecule is CSCC(=O)Nc1cc(N)ccc1F. The van der Waals surface area contributed by atoms with Crippen LogP contribution in [0.3, 0.4) is 0 Å². The minimum absolute atomic E-state index is 0.129. The van der Waals surface area contributed by atoms with Crippen LogP contribution in [0.5, 0.6) is 0 Å². The van der Waals surface area contributed by atoms with Crippen molar-refractivity contribution in [2.24, 2.45) is 0 Å². The largest absolute Gasteiger partial charge is 0.399 e. The van der Waals surface area contributed by atoms with Crippen molar-refractivity contribution in [3.63, 3.8) is 0 Å². The summed E-state index contributed by atoms with van der Waals surface area (Å²) in [6.45, 7) is 0. The second-order valence-corrected chi connectivity index (χ2v) is 3.59. The van der Waals surface area contributed by atoms with Crippen molar-refractivity contribution >= 4 is 29.0 Å². The van der Waals surface area contributed by atoms with E-state index in [9.17, 15) is 9.18 Å². The summed E-state index contributed by atoms with van der Waals surface area (Å²) in [5.41, 5.74) is 6.00. The van der Waals surface area contributed by atoms with Crippen molar-refractivity contribution in [2.45, 2.75) is 0 Å². The molecule has 0 saturated heterocycles. The molecule has 5 heteroatoms. The lowest BCUT2D eigenvalue weighted by Crippen LogP contribution is -2.14. The van der Waals surface area contributed by atoms with Crippen LogP contribution in [0.4, 0.5) is 15.8 Å². The lowest BCUT2D eigenvalue weighted by molar-refractivity contribution is -0.113. The highest BCUT2D eigenvalue weighted by atomic mass is 32.2. The first-order chi connectivity index (χ1) is 6.63. The molecule has 1 aromatic rings. The highest BCUT2D eigenvalue weighted by Gasteiger charge is 2.06. The van der Waals surface area contributed by atoms with Gasteiger partial charge in [0.15, 0.2) is 0 Å². The maximum absolute atomic E-state index is 13.1. The van der Waals surface area contributed by atoms with E-state index >= 15 is 0 Å². The van der Waals surface area contributed by atoms with Crippen molar-refractivity contribution < 1.29 is 9.18 Å². The van der Waals surface area contributed by atoms with Crippen LogP contribution in [-0.4, -0.2) is 17.9 Å². The van der Waals surface area contributed by atoms with E-state index < -0.39 is 5.82 Å². The van der Waals surface area contributed by atoms with Crippen LogP contribution >= 0.6 is 11.8 Å². The number of nitrogens with two attached hydrogens (primary N) is 1. The third kappa shape index (κ3) is 2.92. The second-order valence-electron chi connectivity index (χ2n) is 2.72. The first-order valence-corrected chi connectivity index (χ1v) is 5.36. The van der Waals surface area contributed by atoms with Crippen LogP contribution < -0.4 is 11.1 Å². The van der Waals surface area contributed by atoms with Gasteiger partial charge < -0.3 is 11.1 Å². The Hall–Kier alpha value is -1.23. The zero-order chi connectivity index (χ0) is 10.6. The highest BCUT2D eigenvalue weighted by Crippen LogP contribution is 2.17. The van der Waals surface area contributed by atoms with Gasteiger partial charge >= 0.3 is 0 Å². The maximum atomic E-state index is 13.1. The third-order valence-electron chi connectivity index (χ3n) is 1.54. The summed E-state index contributed by atoms with van der Waals surface area (Å²) in [6, 6.07) is 4.07. The molecule has 0 aliphatic carbocycles. The Morgan fingerprint density at radius 2 is 2.36 bits per heavy atom. The normalized spacial score (nSPS) is 9.86. The average Bonchev–Trinajstić information content (AvgIpc) is 2.12. The van der Waals surface area contributed by atoms with Crippen LogP contribution in [0.2, 0.25) is 0 Å². The Kier molecular flexibility index (Phi) is 3.76. The van der Waals surface area contributed by atoms with Crippen LogP contribution in [0.15, 0.2) is 18.2 Å². The molecule has 3 N–H and O–H groups in total. The van der Waals surface area contributed by atoms with Crippen LogP contribution in [-0.2, 0) is 4.79 Å². The number of carbonyl (C=O) groups excluding carboxylic acids is 1. The van der Waals surface area contributed by atoms with Gasteiger partial charge in [-0.25, -0.2) is 4.39 Å². The average molecular weight is 214 g/mol. The third-order valence-corrected chi connectivity index (χ3v) is 2.09.